The van der Waals surface area contributed by atoms with Crippen molar-refractivity contribution in [3.8, 4) is 11.5 Å². The van der Waals surface area contributed by atoms with Crippen LogP contribution in [-0.4, -0.2) is 34.1 Å². The molecule has 0 radical (unpaired) electrons. The lowest BCUT2D eigenvalue weighted by Crippen LogP contribution is -2.45. The van der Waals surface area contributed by atoms with Gasteiger partial charge in [0.05, 0.1) is 22.4 Å². The molecule has 1 fully saturated rings. The largest absolute Gasteiger partial charge is 0.456 e. The lowest BCUT2D eigenvalue weighted by Gasteiger charge is -2.29. The van der Waals surface area contributed by atoms with E-state index in [4.69, 9.17) is 4.74 Å². The Morgan fingerprint density at radius 1 is 0.756 bits per heavy atom. The number of benzene rings is 2. The summed E-state index contributed by atoms with van der Waals surface area (Å²) in [7, 11) is 0. The maximum absolute atomic E-state index is 14.0. The van der Waals surface area contributed by atoms with Crippen LogP contribution in [-0.2, 0) is 36.9 Å². The Kier molecular flexibility index (Phi) is 7.93. The van der Waals surface area contributed by atoms with Gasteiger partial charge in [0.1, 0.15) is 5.75 Å². The molecule has 238 valence electrons. The molecule has 7 nitrogen and oxygen atoms in total. The average Bonchev–Trinajstić information content (AvgIpc) is 3.28. The van der Waals surface area contributed by atoms with E-state index in [1.54, 1.807) is 20.8 Å². The van der Waals surface area contributed by atoms with Gasteiger partial charge in [0.2, 0.25) is 0 Å². The van der Waals surface area contributed by atoms with Crippen LogP contribution in [0.4, 0.5) is 32.0 Å². The molecule has 0 spiro atoms. The predicted molar refractivity (Wildman–Crippen MR) is 151 cm³/mol. The molecule has 1 saturated heterocycles. The lowest BCUT2D eigenvalue weighted by molar-refractivity contribution is -0.146. The molecule has 2 aromatic carbocycles. The highest BCUT2D eigenvalue weighted by Crippen LogP contribution is 2.48. The second-order valence-corrected chi connectivity index (χ2v) is 12.5. The SMILES string of the molecule is C=C1C(=O)N(c2ccc(Oc3c(C(F)(F)F)cc(C(C)(C)C)cc3C(F)(F)F)cc2)C(=O)/C1=C/C1=CC(=O)N(C(C)(C)C)C1=O. The number of anilines is 1. The summed E-state index contributed by atoms with van der Waals surface area (Å²) in [5.74, 6) is -4.97. The number of rotatable bonds is 4. The van der Waals surface area contributed by atoms with Gasteiger partial charge in [-0.2, -0.15) is 26.3 Å². The molecule has 2 aromatic rings. The normalized spacial score (nSPS) is 17.6. The van der Waals surface area contributed by atoms with Crippen LogP contribution >= 0.6 is 0 Å². The van der Waals surface area contributed by atoms with Crippen molar-refractivity contribution < 1.29 is 50.3 Å². The van der Waals surface area contributed by atoms with Crippen molar-refractivity contribution in [2.75, 3.05) is 4.90 Å². The fourth-order valence-electron chi connectivity index (χ4n) is 4.73. The Hall–Kier alpha value is -4.68. The summed E-state index contributed by atoms with van der Waals surface area (Å²) in [6.45, 7) is 12.9. The second kappa shape index (κ2) is 10.7. The van der Waals surface area contributed by atoms with Crippen LogP contribution in [0.5, 0.6) is 11.5 Å². The van der Waals surface area contributed by atoms with Crippen molar-refractivity contribution in [3.63, 3.8) is 0 Å². The van der Waals surface area contributed by atoms with Gasteiger partial charge in [0.15, 0.2) is 5.75 Å². The molecule has 4 rings (SSSR count). The number of ether oxygens (including phenoxy) is 1. The van der Waals surface area contributed by atoms with Crippen LogP contribution in [0.3, 0.4) is 0 Å². The van der Waals surface area contributed by atoms with E-state index in [0.29, 0.717) is 17.0 Å². The van der Waals surface area contributed by atoms with Crippen molar-refractivity contribution in [1.82, 2.24) is 4.90 Å². The highest BCUT2D eigenvalue weighted by molar-refractivity contribution is 6.37. The van der Waals surface area contributed by atoms with E-state index < -0.39 is 69.6 Å². The smallest absolute Gasteiger partial charge is 0.420 e. The summed E-state index contributed by atoms with van der Waals surface area (Å²) in [5.41, 5.74) is -6.16. The standard InChI is InChI=1S/C32H28F6N2O5/c1-16-21(12-17-13-24(41)40(27(17)43)30(5,6)7)28(44)39(26(16)42)19-8-10-20(11-9-19)45-25-22(31(33,34)35)14-18(29(2,3)4)15-23(25)32(36,37)38/h8-15H,1H2,2-7H3/b21-12+. The molecule has 13 heteroatoms. The minimum Gasteiger partial charge on any atom is -0.456 e. The van der Waals surface area contributed by atoms with Gasteiger partial charge >= 0.3 is 12.4 Å². The van der Waals surface area contributed by atoms with E-state index >= 15 is 0 Å². The quantitative estimate of drug-likeness (QED) is 0.201. The van der Waals surface area contributed by atoms with Crippen LogP contribution in [0.2, 0.25) is 0 Å². The summed E-state index contributed by atoms with van der Waals surface area (Å²) in [6.07, 6.45) is -8.29. The Morgan fingerprint density at radius 2 is 1.27 bits per heavy atom. The molecule has 2 aliphatic rings. The number of hydrogen-bond acceptors (Lipinski definition) is 5. The van der Waals surface area contributed by atoms with E-state index in [9.17, 15) is 45.5 Å². The number of imide groups is 2. The third-order valence-corrected chi connectivity index (χ3v) is 7.02. The zero-order valence-electron chi connectivity index (χ0n) is 25.0. The Morgan fingerprint density at radius 3 is 1.69 bits per heavy atom. The first kappa shape index (κ1) is 33.2. The van der Waals surface area contributed by atoms with Crippen LogP contribution in [0.15, 0.2) is 71.8 Å². The van der Waals surface area contributed by atoms with Crippen LogP contribution < -0.4 is 9.64 Å². The number of carbonyl (C=O) groups excluding carboxylic acids is 4. The molecule has 0 atom stereocenters. The maximum Gasteiger partial charge on any atom is 0.420 e. The molecular weight excluding hydrogens is 606 g/mol. The third kappa shape index (κ3) is 6.29. The average molecular weight is 635 g/mol. The first-order valence-corrected chi connectivity index (χ1v) is 13.4. The first-order valence-electron chi connectivity index (χ1n) is 13.4. The van der Waals surface area contributed by atoms with E-state index in [1.807, 2.05) is 0 Å². The third-order valence-electron chi connectivity index (χ3n) is 7.02. The van der Waals surface area contributed by atoms with Crippen molar-refractivity contribution in [3.05, 3.63) is 88.5 Å². The number of carbonyl (C=O) groups is 4. The van der Waals surface area contributed by atoms with Gasteiger partial charge in [0, 0.05) is 22.8 Å². The number of nitrogens with zero attached hydrogens (tertiary/aromatic N) is 2. The molecule has 0 bridgehead atoms. The number of amides is 4. The van der Waals surface area contributed by atoms with Gasteiger partial charge < -0.3 is 4.74 Å². The monoisotopic (exact) mass is 634 g/mol. The minimum absolute atomic E-state index is 0.101. The Balaban J connectivity index is 1.68. The van der Waals surface area contributed by atoms with Crippen LogP contribution in [0, 0.1) is 0 Å². The molecule has 0 saturated carbocycles. The second-order valence-electron chi connectivity index (χ2n) is 12.5. The van der Waals surface area contributed by atoms with E-state index in [-0.39, 0.29) is 28.0 Å². The molecule has 2 heterocycles. The lowest BCUT2D eigenvalue weighted by atomic mass is 9.84. The molecule has 45 heavy (non-hydrogen) atoms. The Labute approximate surface area is 254 Å². The van der Waals surface area contributed by atoms with E-state index in [1.165, 1.54) is 20.8 Å². The predicted octanol–water partition coefficient (Wildman–Crippen LogP) is 7.26. The molecule has 0 N–H and O–H groups in total. The fraction of sp³-hybridized carbons (Fsp3) is 0.312. The molecule has 0 aromatic heterocycles. The van der Waals surface area contributed by atoms with Crippen LogP contribution in [0.1, 0.15) is 58.2 Å². The Bertz CT molecular complexity index is 1670. The van der Waals surface area contributed by atoms with Crippen molar-refractivity contribution in [2.45, 2.75) is 64.8 Å². The summed E-state index contributed by atoms with van der Waals surface area (Å²) in [6, 6.07) is 5.41. The highest BCUT2D eigenvalue weighted by Gasteiger charge is 2.45. The van der Waals surface area contributed by atoms with Crippen LogP contribution in [0.25, 0.3) is 0 Å². The number of hydrogen-bond donors (Lipinski definition) is 0. The first-order chi connectivity index (χ1) is 20.4. The zero-order valence-corrected chi connectivity index (χ0v) is 25.0. The molecule has 0 unspecified atom stereocenters. The summed E-state index contributed by atoms with van der Waals surface area (Å²) >= 11 is 0. The highest BCUT2D eigenvalue weighted by atomic mass is 19.4. The molecular formula is C32H28F6N2O5. The summed E-state index contributed by atoms with van der Waals surface area (Å²) in [5, 5.41) is 0. The van der Waals surface area contributed by atoms with E-state index in [2.05, 4.69) is 6.58 Å². The molecule has 4 amide bonds. The van der Waals surface area contributed by atoms with Gasteiger partial charge in [-0.05, 0) is 74.2 Å². The van der Waals surface area contributed by atoms with Crippen molar-refractivity contribution in [2.24, 2.45) is 0 Å². The zero-order chi connectivity index (χ0) is 34.0. The summed E-state index contributed by atoms with van der Waals surface area (Å²) in [4.78, 5) is 53.1. The van der Waals surface area contributed by atoms with Gasteiger partial charge in [-0.1, -0.05) is 27.4 Å². The molecule has 2 aliphatic heterocycles. The van der Waals surface area contributed by atoms with Crippen molar-refractivity contribution >= 4 is 29.3 Å². The number of halogens is 6. The van der Waals surface area contributed by atoms with Gasteiger partial charge in [-0.25, -0.2) is 4.90 Å². The van der Waals surface area contributed by atoms with Crippen molar-refractivity contribution in [1.29, 1.82) is 0 Å². The summed E-state index contributed by atoms with van der Waals surface area (Å²) < 4.78 is 89.2. The number of alkyl halides is 6. The minimum atomic E-state index is -5.20. The maximum atomic E-state index is 14.0. The van der Waals surface area contributed by atoms with E-state index in [0.717, 1.165) is 41.3 Å². The topological polar surface area (TPSA) is 84.0 Å². The van der Waals surface area contributed by atoms with Gasteiger partial charge in [0.25, 0.3) is 23.6 Å². The molecule has 0 aliphatic carbocycles. The van der Waals surface area contributed by atoms with Gasteiger partial charge in [-0.15, -0.1) is 0 Å². The fourth-order valence-corrected chi connectivity index (χ4v) is 4.73. The van der Waals surface area contributed by atoms with Gasteiger partial charge in [-0.3, -0.25) is 24.1 Å².